The minimum absolute atomic E-state index is 0.140. The summed E-state index contributed by atoms with van der Waals surface area (Å²) < 4.78 is 15.4. The number of rotatable bonds is 6. The Morgan fingerprint density at radius 3 is 2.88 bits per heavy atom. The highest BCUT2D eigenvalue weighted by Gasteiger charge is 2.17. The molecule has 2 rings (SSSR count). The summed E-state index contributed by atoms with van der Waals surface area (Å²) in [5.41, 5.74) is -0.139. The van der Waals surface area contributed by atoms with Gasteiger partial charge in [-0.05, 0) is 30.7 Å². The Morgan fingerprint density at radius 2 is 2.17 bits per heavy atom. The van der Waals surface area contributed by atoms with Gasteiger partial charge in [0.25, 0.3) is 0 Å². The first kappa shape index (κ1) is 17.1. The van der Waals surface area contributed by atoms with Crippen molar-refractivity contribution in [2.24, 2.45) is 0 Å². The quantitative estimate of drug-likeness (QED) is 0.464. The first-order valence-corrected chi connectivity index (χ1v) is 7.12. The van der Waals surface area contributed by atoms with Gasteiger partial charge in [0.05, 0.1) is 7.11 Å². The van der Waals surface area contributed by atoms with Gasteiger partial charge in [-0.2, -0.15) is 0 Å². The first-order chi connectivity index (χ1) is 11.5. The Bertz CT molecular complexity index is 868. The van der Waals surface area contributed by atoms with E-state index in [1.54, 1.807) is 37.3 Å². The number of ether oxygens (including phenoxy) is 2. The predicted molar refractivity (Wildman–Crippen MR) is 90.4 cm³/mol. The minimum Gasteiger partial charge on any atom is -0.496 e. The number of benzene rings is 1. The molecule has 0 saturated heterocycles. The van der Waals surface area contributed by atoms with Gasteiger partial charge in [0.15, 0.2) is 5.78 Å². The van der Waals surface area contributed by atoms with Gasteiger partial charge in [-0.15, -0.1) is 6.42 Å². The molecule has 5 heteroatoms. The fraction of sp³-hybridized carbons (Fsp3) is 0.158. The molecule has 0 radical (unpaired) electrons. The normalized spacial score (nSPS) is 10.4. The first-order valence-electron chi connectivity index (χ1n) is 7.12. The van der Waals surface area contributed by atoms with Crippen LogP contribution < -0.4 is 15.1 Å². The van der Waals surface area contributed by atoms with Gasteiger partial charge in [-0.1, -0.05) is 24.1 Å². The Labute approximate surface area is 139 Å². The lowest BCUT2D eigenvalue weighted by Gasteiger charge is -2.05. The number of methoxy groups -OCH3 is 1. The van der Waals surface area contributed by atoms with Crippen molar-refractivity contribution in [2.75, 3.05) is 13.7 Å². The fourth-order valence-electron chi connectivity index (χ4n) is 2.06. The molecule has 1 aromatic heterocycles. The molecule has 0 atom stereocenters. The molecule has 24 heavy (non-hydrogen) atoms. The van der Waals surface area contributed by atoms with Gasteiger partial charge in [-0.3, -0.25) is 4.79 Å². The Balaban J connectivity index is 2.26. The molecule has 0 amide bonds. The molecule has 122 valence electrons. The van der Waals surface area contributed by atoms with Crippen LogP contribution >= 0.6 is 0 Å². The lowest BCUT2D eigenvalue weighted by Crippen LogP contribution is -2.14. The number of ketones is 1. The maximum absolute atomic E-state index is 12.3. The van der Waals surface area contributed by atoms with Crippen LogP contribution in [0.15, 0.2) is 45.6 Å². The molecule has 0 spiro atoms. The lowest BCUT2D eigenvalue weighted by atomic mass is 10.1. The van der Waals surface area contributed by atoms with E-state index in [9.17, 15) is 9.59 Å². The van der Waals surface area contributed by atoms with Crippen molar-refractivity contribution in [1.29, 1.82) is 0 Å². The molecule has 0 unspecified atom stereocenters. The monoisotopic (exact) mass is 324 g/mol. The Kier molecular flexibility index (Phi) is 5.58. The summed E-state index contributed by atoms with van der Waals surface area (Å²) in [6, 6.07) is 8.55. The van der Waals surface area contributed by atoms with Crippen LogP contribution in [0.25, 0.3) is 6.08 Å². The van der Waals surface area contributed by atoms with Crippen LogP contribution in [0.1, 0.15) is 21.7 Å². The van der Waals surface area contributed by atoms with Crippen LogP contribution in [0.5, 0.6) is 11.5 Å². The van der Waals surface area contributed by atoms with E-state index in [2.05, 4.69) is 5.92 Å². The van der Waals surface area contributed by atoms with Crippen molar-refractivity contribution in [3.05, 3.63) is 63.7 Å². The zero-order valence-corrected chi connectivity index (χ0v) is 13.4. The van der Waals surface area contributed by atoms with E-state index in [4.69, 9.17) is 20.3 Å². The summed E-state index contributed by atoms with van der Waals surface area (Å²) in [6.45, 7) is 1.77. The largest absolute Gasteiger partial charge is 0.496 e. The third-order valence-electron chi connectivity index (χ3n) is 3.11. The number of allylic oxidation sites excluding steroid dienone is 1. The second-order valence-corrected chi connectivity index (χ2v) is 4.85. The van der Waals surface area contributed by atoms with Crippen LogP contribution in [-0.2, 0) is 0 Å². The van der Waals surface area contributed by atoms with E-state index >= 15 is 0 Å². The molecule has 5 nitrogen and oxygen atoms in total. The van der Waals surface area contributed by atoms with Crippen LogP contribution in [0, 0.1) is 19.3 Å². The summed E-state index contributed by atoms with van der Waals surface area (Å²) in [6.07, 6.45) is 8.00. The predicted octanol–water partition coefficient (Wildman–Crippen LogP) is 2.86. The van der Waals surface area contributed by atoms with Crippen molar-refractivity contribution in [3.8, 4) is 23.8 Å². The SMILES string of the molecule is C#CCOc1cccc(C=CC(=O)c2c(OC)cc(C)oc2=O)c1. The lowest BCUT2D eigenvalue weighted by molar-refractivity contribution is 0.104. The molecule has 1 heterocycles. The summed E-state index contributed by atoms with van der Waals surface area (Å²) in [5, 5.41) is 0. The molecule has 0 bridgehead atoms. The van der Waals surface area contributed by atoms with E-state index < -0.39 is 11.4 Å². The maximum Gasteiger partial charge on any atom is 0.351 e. The topological polar surface area (TPSA) is 65.7 Å². The third kappa shape index (κ3) is 4.14. The van der Waals surface area contributed by atoms with Crippen LogP contribution in [0.4, 0.5) is 0 Å². The number of hydrogen-bond donors (Lipinski definition) is 0. The van der Waals surface area contributed by atoms with Crippen molar-refractivity contribution in [3.63, 3.8) is 0 Å². The minimum atomic E-state index is -0.729. The average Bonchev–Trinajstić information content (AvgIpc) is 2.57. The van der Waals surface area contributed by atoms with Crippen LogP contribution in [0.2, 0.25) is 0 Å². The summed E-state index contributed by atoms with van der Waals surface area (Å²) >= 11 is 0. The zero-order chi connectivity index (χ0) is 17.5. The van der Waals surface area contributed by atoms with Crippen molar-refractivity contribution >= 4 is 11.9 Å². The highest BCUT2D eigenvalue weighted by Crippen LogP contribution is 2.18. The summed E-state index contributed by atoms with van der Waals surface area (Å²) in [4.78, 5) is 24.2. The van der Waals surface area contributed by atoms with E-state index in [-0.39, 0.29) is 17.9 Å². The second kappa shape index (κ2) is 7.84. The van der Waals surface area contributed by atoms with E-state index in [1.807, 2.05) is 0 Å². The van der Waals surface area contributed by atoms with Gasteiger partial charge in [0.2, 0.25) is 0 Å². The average molecular weight is 324 g/mol. The molecule has 0 aliphatic carbocycles. The Hall–Kier alpha value is -3.26. The zero-order valence-electron chi connectivity index (χ0n) is 13.4. The van der Waals surface area contributed by atoms with Crippen LogP contribution in [-0.4, -0.2) is 19.5 Å². The number of hydrogen-bond acceptors (Lipinski definition) is 5. The standard InChI is InChI=1S/C19H16O5/c1-4-10-23-15-7-5-6-14(12-15)8-9-16(20)18-17(22-3)11-13(2)24-19(18)21/h1,5-9,11-12H,10H2,2-3H3. The molecule has 0 N–H and O–H groups in total. The smallest absolute Gasteiger partial charge is 0.351 e. The molecule has 1 aromatic carbocycles. The van der Waals surface area contributed by atoms with Crippen molar-refractivity contribution in [2.45, 2.75) is 6.92 Å². The van der Waals surface area contributed by atoms with Gasteiger partial charge in [-0.25, -0.2) is 4.79 Å². The molecule has 2 aromatic rings. The third-order valence-corrected chi connectivity index (χ3v) is 3.11. The maximum atomic E-state index is 12.3. The van der Waals surface area contributed by atoms with E-state index in [1.165, 1.54) is 19.3 Å². The molecule has 0 saturated carbocycles. The second-order valence-electron chi connectivity index (χ2n) is 4.85. The van der Waals surface area contributed by atoms with Gasteiger partial charge >= 0.3 is 5.63 Å². The fourth-order valence-corrected chi connectivity index (χ4v) is 2.06. The number of aryl methyl sites for hydroxylation is 1. The molecule has 0 fully saturated rings. The number of carbonyl (C=O) groups excluding carboxylic acids is 1. The molecule has 0 aliphatic heterocycles. The van der Waals surface area contributed by atoms with Crippen molar-refractivity contribution in [1.82, 2.24) is 0 Å². The number of carbonyl (C=O) groups is 1. The van der Waals surface area contributed by atoms with Crippen molar-refractivity contribution < 1.29 is 18.7 Å². The molecular weight excluding hydrogens is 308 g/mol. The summed E-state index contributed by atoms with van der Waals surface area (Å²) in [7, 11) is 1.39. The van der Waals surface area contributed by atoms with E-state index in [0.717, 1.165) is 5.56 Å². The van der Waals surface area contributed by atoms with Gasteiger partial charge < -0.3 is 13.9 Å². The summed E-state index contributed by atoms with van der Waals surface area (Å²) in [5.74, 6) is 3.02. The molecular formula is C19H16O5. The Morgan fingerprint density at radius 1 is 1.38 bits per heavy atom. The molecule has 0 aliphatic rings. The highest BCUT2D eigenvalue weighted by molar-refractivity contribution is 6.08. The van der Waals surface area contributed by atoms with E-state index in [0.29, 0.717) is 11.5 Å². The van der Waals surface area contributed by atoms with Gasteiger partial charge in [0, 0.05) is 6.07 Å². The van der Waals surface area contributed by atoms with Crippen LogP contribution in [0.3, 0.4) is 0 Å². The van der Waals surface area contributed by atoms with Gasteiger partial charge in [0.1, 0.15) is 29.4 Å². The number of terminal acetylenes is 1. The highest BCUT2D eigenvalue weighted by atomic mass is 16.5.